The van der Waals surface area contributed by atoms with E-state index in [-0.39, 0.29) is 0 Å². The minimum atomic E-state index is 0.854. The molecule has 0 atom stereocenters. The van der Waals surface area contributed by atoms with Gasteiger partial charge in [0.05, 0.1) is 22.9 Å². The fourth-order valence-electron chi connectivity index (χ4n) is 2.88. The van der Waals surface area contributed by atoms with Gasteiger partial charge in [-0.2, -0.15) is 5.10 Å². The molecule has 4 heteroatoms. The zero-order valence-corrected chi connectivity index (χ0v) is 14.3. The second kappa shape index (κ2) is 5.98. The summed E-state index contributed by atoms with van der Waals surface area (Å²) in [6.07, 6.45) is 5.66. The Morgan fingerprint density at radius 1 is 1.00 bits per heavy atom. The normalized spacial score (nSPS) is 11.0. The summed E-state index contributed by atoms with van der Waals surface area (Å²) in [4.78, 5) is 9.31. The second-order valence-electron chi connectivity index (χ2n) is 6.21. The highest BCUT2D eigenvalue weighted by Gasteiger charge is 2.08. The van der Waals surface area contributed by atoms with Crippen LogP contribution in [0.15, 0.2) is 67.6 Å². The number of rotatable bonds is 3. The van der Waals surface area contributed by atoms with E-state index in [9.17, 15) is 0 Å². The summed E-state index contributed by atoms with van der Waals surface area (Å²) in [5.74, 6) is 0. The number of hydrogen-bond donors (Lipinski definition) is 0. The van der Waals surface area contributed by atoms with Crippen LogP contribution in [-0.4, -0.2) is 19.7 Å². The van der Waals surface area contributed by atoms with Gasteiger partial charge < -0.3 is 0 Å². The molecule has 0 unspecified atom stereocenters. The average Bonchev–Trinajstić information content (AvgIpc) is 3.06. The van der Waals surface area contributed by atoms with Crippen molar-refractivity contribution in [2.75, 3.05) is 0 Å². The van der Waals surface area contributed by atoms with E-state index in [4.69, 9.17) is 4.98 Å². The lowest BCUT2D eigenvalue weighted by atomic mass is 10.0. The van der Waals surface area contributed by atoms with Crippen molar-refractivity contribution in [1.29, 1.82) is 0 Å². The van der Waals surface area contributed by atoms with E-state index < -0.39 is 0 Å². The number of pyridine rings is 2. The Kier molecular flexibility index (Phi) is 3.65. The molecule has 0 spiro atoms. The highest BCUT2D eigenvalue weighted by molar-refractivity contribution is 5.84. The monoisotopic (exact) mass is 326 g/mol. The lowest BCUT2D eigenvalue weighted by molar-refractivity contribution is 0.768. The van der Waals surface area contributed by atoms with Crippen LogP contribution in [0.2, 0.25) is 0 Å². The van der Waals surface area contributed by atoms with Gasteiger partial charge in [-0.3, -0.25) is 9.67 Å². The molecule has 0 aliphatic carbocycles. The first-order valence-electron chi connectivity index (χ1n) is 8.12. The topological polar surface area (TPSA) is 43.6 Å². The van der Waals surface area contributed by atoms with E-state index in [2.05, 4.69) is 41.8 Å². The van der Waals surface area contributed by atoms with Gasteiger partial charge in [0.25, 0.3) is 0 Å². The minimum absolute atomic E-state index is 0.854. The molecule has 0 fully saturated rings. The SMILES string of the molecule is C=C(c1cccc(C)c1)c1ccc2ncc(-c3cnn(C)c3)cc2n1. The maximum Gasteiger partial charge on any atom is 0.0900 e. The van der Waals surface area contributed by atoms with Crippen molar-refractivity contribution < 1.29 is 0 Å². The van der Waals surface area contributed by atoms with Crippen LogP contribution in [0.5, 0.6) is 0 Å². The molecule has 122 valence electrons. The zero-order valence-electron chi connectivity index (χ0n) is 14.3. The Morgan fingerprint density at radius 3 is 2.64 bits per heavy atom. The Labute approximate surface area is 146 Å². The lowest BCUT2D eigenvalue weighted by Gasteiger charge is -2.08. The number of nitrogens with zero attached hydrogens (tertiary/aromatic N) is 4. The fourth-order valence-corrected chi connectivity index (χ4v) is 2.88. The highest BCUT2D eigenvalue weighted by Crippen LogP contribution is 2.25. The molecule has 0 saturated heterocycles. The summed E-state index contributed by atoms with van der Waals surface area (Å²) in [5, 5.41) is 4.22. The van der Waals surface area contributed by atoms with E-state index in [1.807, 2.05) is 49.9 Å². The van der Waals surface area contributed by atoms with Gasteiger partial charge in [0.2, 0.25) is 0 Å². The predicted molar refractivity (Wildman–Crippen MR) is 101 cm³/mol. The van der Waals surface area contributed by atoms with Crippen LogP contribution in [0.3, 0.4) is 0 Å². The van der Waals surface area contributed by atoms with Crippen LogP contribution in [0.4, 0.5) is 0 Å². The molecule has 0 radical (unpaired) electrons. The minimum Gasteiger partial charge on any atom is -0.275 e. The molecule has 4 aromatic rings. The van der Waals surface area contributed by atoms with Crippen molar-refractivity contribution in [3.05, 3.63) is 84.5 Å². The van der Waals surface area contributed by atoms with Crippen LogP contribution in [0, 0.1) is 6.92 Å². The van der Waals surface area contributed by atoms with Crippen molar-refractivity contribution in [2.45, 2.75) is 6.92 Å². The third-order valence-electron chi connectivity index (χ3n) is 4.25. The zero-order chi connectivity index (χ0) is 17.4. The molecule has 0 aliphatic heterocycles. The summed E-state index contributed by atoms with van der Waals surface area (Å²) in [6, 6.07) is 14.3. The quantitative estimate of drug-likeness (QED) is 0.560. The van der Waals surface area contributed by atoms with Crippen molar-refractivity contribution in [3.8, 4) is 11.1 Å². The van der Waals surface area contributed by atoms with Crippen molar-refractivity contribution in [3.63, 3.8) is 0 Å². The van der Waals surface area contributed by atoms with E-state index in [0.717, 1.165) is 39.0 Å². The van der Waals surface area contributed by atoms with Crippen LogP contribution in [0.25, 0.3) is 27.7 Å². The number of fused-ring (bicyclic) bond motifs is 1. The Balaban J connectivity index is 1.77. The van der Waals surface area contributed by atoms with Crippen molar-refractivity contribution in [2.24, 2.45) is 7.05 Å². The van der Waals surface area contributed by atoms with Gasteiger partial charge in [-0.15, -0.1) is 0 Å². The largest absolute Gasteiger partial charge is 0.275 e. The van der Waals surface area contributed by atoms with Gasteiger partial charge in [0.1, 0.15) is 0 Å². The predicted octanol–water partition coefficient (Wildman–Crippen LogP) is 4.40. The highest BCUT2D eigenvalue weighted by atomic mass is 15.2. The molecule has 3 heterocycles. The Morgan fingerprint density at radius 2 is 1.88 bits per heavy atom. The van der Waals surface area contributed by atoms with Crippen LogP contribution < -0.4 is 0 Å². The average molecular weight is 326 g/mol. The molecule has 4 rings (SSSR count). The van der Waals surface area contributed by atoms with Gasteiger partial charge in [-0.05, 0) is 30.7 Å². The molecule has 0 amide bonds. The molecule has 25 heavy (non-hydrogen) atoms. The maximum absolute atomic E-state index is 4.78. The third kappa shape index (κ3) is 2.94. The van der Waals surface area contributed by atoms with Gasteiger partial charge >= 0.3 is 0 Å². The number of aromatic nitrogens is 4. The summed E-state index contributed by atoms with van der Waals surface area (Å²) in [5.41, 5.74) is 7.83. The van der Waals surface area contributed by atoms with E-state index in [0.29, 0.717) is 0 Å². The van der Waals surface area contributed by atoms with Crippen LogP contribution >= 0.6 is 0 Å². The summed E-state index contributed by atoms with van der Waals surface area (Å²) >= 11 is 0. The van der Waals surface area contributed by atoms with E-state index >= 15 is 0 Å². The first-order valence-corrected chi connectivity index (χ1v) is 8.12. The first kappa shape index (κ1) is 15.3. The Hall–Kier alpha value is -3.27. The molecule has 4 nitrogen and oxygen atoms in total. The van der Waals surface area contributed by atoms with Gasteiger partial charge in [0, 0.05) is 36.1 Å². The third-order valence-corrected chi connectivity index (χ3v) is 4.25. The molecule has 0 bridgehead atoms. The van der Waals surface area contributed by atoms with E-state index in [1.54, 1.807) is 4.68 Å². The smallest absolute Gasteiger partial charge is 0.0900 e. The molecule has 3 aromatic heterocycles. The number of benzene rings is 1. The summed E-state index contributed by atoms with van der Waals surface area (Å²) in [6.45, 7) is 6.31. The van der Waals surface area contributed by atoms with Gasteiger partial charge in [-0.25, -0.2) is 4.98 Å². The molecule has 1 aromatic carbocycles. The fraction of sp³-hybridized carbons (Fsp3) is 0.0952. The second-order valence-corrected chi connectivity index (χ2v) is 6.21. The van der Waals surface area contributed by atoms with Crippen LogP contribution in [-0.2, 0) is 7.05 Å². The summed E-state index contributed by atoms with van der Waals surface area (Å²) < 4.78 is 1.78. The molecular weight excluding hydrogens is 308 g/mol. The van der Waals surface area contributed by atoms with Crippen molar-refractivity contribution >= 4 is 16.6 Å². The lowest BCUT2D eigenvalue weighted by Crippen LogP contribution is -1.93. The first-order chi connectivity index (χ1) is 12.1. The molecule has 0 saturated carbocycles. The maximum atomic E-state index is 4.78. The summed E-state index contributed by atoms with van der Waals surface area (Å²) in [7, 11) is 1.90. The Bertz CT molecular complexity index is 1090. The molecular formula is C21H18N4. The number of aryl methyl sites for hydroxylation is 2. The van der Waals surface area contributed by atoms with Gasteiger partial charge in [-0.1, -0.05) is 36.4 Å². The molecule has 0 aliphatic rings. The van der Waals surface area contributed by atoms with E-state index in [1.165, 1.54) is 5.56 Å². The molecule has 0 N–H and O–H groups in total. The van der Waals surface area contributed by atoms with Crippen molar-refractivity contribution in [1.82, 2.24) is 19.7 Å². The number of hydrogen-bond acceptors (Lipinski definition) is 3. The van der Waals surface area contributed by atoms with Crippen LogP contribution in [0.1, 0.15) is 16.8 Å². The standard InChI is InChI=1S/C21H18N4/c1-14-5-4-6-16(9-14)15(2)19-7-8-20-21(24-19)10-17(11-22-20)18-12-23-25(3)13-18/h4-13H,2H2,1,3H3. The van der Waals surface area contributed by atoms with Gasteiger partial charge in [0.15, 0.2) is 0 Å².